The van der Waals surface area contributed by atoms with Crippen LogP contribution < -0.4 is 5.50 Å². The summed E-state index contributed by atoms with van der Waals surface area (Å²) in [7, 11) is -3.22. The summed E-state index contributed by atoms with van der Waals surface area (Å²) in [6, 6.07) is 0. The Morgan fingerprint density at radius 3 is 2.12 bits per heavy atom. The van der Waals surface area contributed by atoms with Crippen LogP contribution in [0.15, 0.2) is 0 Å². The molecule has 0 fully saturated rings. The van der Waals surface area contributed by atoms with Crippen LogP contribution in [0.25, 0.3) is 0 Å². The Balaban J connectivity index is 3.56. The fraction of sp³-hybridized carbons (Fsp3) is 1.00. The molecule has 50 valence electrons. The summed E-state index contributed by atoms with van der Waals surface area (Å²) in [4.78, 5) is 8.52. The highest BCUT2D eigenvalue weighted by molar-refractivity contribution is 7.55. The minimum Gasteiger partial charge on any atom is -0.333 e. The van der Waals surface area contributed by atoms with Gasteiger partial charge in [-0.1, -0.05) is 13.8 Å². The van der Waals surface area contributed by atoms with Gasteiger partial charge in [0.15, 0.2) is 0 Å². The molecule has 0 aromatic rings. The molecule has 4 heteroatoms. The number of rotatable bonds is 2. The van der Waals surface area contributed by atoms with Gasteiger partial charge in [0.05, 0.1) is 0 Å². The highest BCUT2D eigenvalue weighted by atomic mass is 31.2. The van der Waals surface area contributed by atoms with E-state index < -0.39 is 7.52 Å². The van der Waals surface area contributed by atoms with E-state index in [1.54, 1.807) is 0 Å². The number of hydrogen-bond acceptors (Lipinski definition) is 1. The first-order valence-corrected chi connectivity index (χ1v) is 4.43. The Hall–Kier alpha value is 0.150. The van der Waals surface area contributed by atoms with E-state index in [0.717, 1.165) is 0 Å². The molecule has 1 atom stereocenters. The second-order valence-electron chi connectivity index (χ2n) is 2.33. The predicted octanol–water partition coefficient (Wildman–Crippen LogP) is 0.786. The van der Waals surface area contributed by atoms with Gasteiger partial charge in [-0.15, -0.1) is 0 Å². The Bertz CT molecular complexity index is 107. The van der Waals surface area contributed by atoms with E-state index in [9.17, 15) is 4.57 Å². The van der Waals surface area contributed by atoms with Crippen molar-refractivity contribution < 1.29 is 9.46 Å². The van der Waals surface area contributed by atoms with Gasteiger partial charge in [-0.2, -0.15) is 0 Å². The van der Waals surface area contributed by atoms with E-state index in [4.69, 9.17) is 10.4 Å². The van der Waals surface area contributed by atoms with Crippen molar-refractivity contribution in [3.05, 3.63) is 0 Å². The minimum absolute atomic E-state index is 0.204. The van der Waals surface area contributed by atoms with Crippen molar-refractivity contribution in [2.75, 3.05) is 6.16 Å². The van der Waals surface area contributed by atoms with Crippen molar-refractivity contribution in [2.45, 2.75) is 13.8 Å². The van der Waals surface area contributed by atoms with Crippen LogP contribution in [0.1, 0.15) is 13.8 Å². The smallest absolute Gasteiger partial charge is 0.264 e. The average Bonchev–Trinajstić information content (AvgIpc) is 1.21. The molecular weight excluding hydrogens is 125 g/mol. The van der Waals surface area contributed by atoms with Gasteiger partial charge in [0, 0.05) is 6.16 Å². The van der Waals surface area contributed by atoms with Gasteiger partial charge in [-0.3, -0.25) is 10.1 Å². The molecule has 0 aromatic carbocycles. The molecule has 0 radical (unpaired) electrons. The standard InChI is InChI=1S/C4H12NO2P/c1-4(2)3-8(5,6)7/h4H,3H2,1-2H3,(H3,5,6,7). The third-order valence-electron chi connectivity index (χ3n) is 0.627. The molecule has 3 N–H and O–H groups in total. The summed E-state index contributed by atoms with van der Waals surface area (Å²) in [5, 5.41) is 0. The maximum absolute atomic E-state index is 10.4. The first kappa shape index (κ1) is 8.15. The first-order valence-electron chi connectivity index (χ1n) is 2.52. The molecule has 0 heterocycles. The lowest BCUT2D eigenvalue weighted by Gasteiger charge is -2.05. The van der Waals surface area contributed by atoms with E-state index in [1.807, 2.05) is 13.8 Å². The zero-order chi connectivity index (χ0) is 6.78. The third kappa shape index (κ3) is 6.15. The zero-order valence-electron chi connectivity index (χ0n) is 5.16. The van der Waals surface area contributed by atoms with Gasteiger partial charge in [0.2, 0.25) is 0 Å². The largest absolute Gasteiger partial charge is 0.333 e. The normalized spacial score (nSPS) is 18.6. The molecule has 0 saturated carbocycles. The average molecular weight is 137 g/mol. The van der Waals surface area contributed by atoms with E-state index in [0.29, 0.717) is 0 Å². The summed E-state index contributed by atoms with van der Waals surface area (Å²) >= 11 is 0. The molecule has 0 bridgehead atoms. The Kier molecular flexibility index (Phi) is 2.67. The summed E-state index contributed by atoms with van der Waals surface area (Å²) < 4.78 is 10.4. The molecule has 0 aliphatic carbocycles. The second-order valence-corrected chi connectivity index (χ2v) is 4.21. The fourth-order valence-electron chi connectivity index (χ4n) is 0.523. The molecule has 8 heavy (non-hydrogen) atoms. The lowest BCUT2D eigenvalue weighted by molar-refractivity contribution is 0.470. The van der Waals surface area contributed by atoms with Gasteiger partial charge in [-0.25, -0.2) is 0 Å². The van der Waals surface area contributed by atoms with Crippen LogP contribution in [0.3, 0.4) is 0 Å². The topological polar surface area (TPSA) is 63.3 Å². The molecular formula is C4H12NO2P. The highest BCUT2D eigenvalue weighted by Gasteiger charge is 2.11. The van der Waals surface area contributed by atoms with Crippen molar-refractivity contribution in [1.82, 2.24) is 0 Å². The van der Waals surface area contributed by atoms with Gasteiger partial charge < -0.3 is 4.89 Å². The van der Waals surface area contributed by atoms with Crippen LogP contribution in [0.4, 0.5) is 0 Å². The van der Waals surface area contributed by atoms with Crippen LogP contribution in [0.2, 0.25) is 0 Å². The zero-order valence-corrected chi connectivity index (χ0v) is 6.06. The van der Waals surface area contributed by atoms with Gasteiger partial charge in [-0.05, 0) is 5.92 Å². The van der Waals surface area contributed by atoms with Gasteiger partial charge >= 0.3 is 0 Å². The van der Waals surface area contributed by atoms with Crippen molar-refractivity contribution in [3.8, 4) is 0 Å². The second kappa shape index (κ2) is 2.62. The maximum atomic E-state index is 10.4. The van der Waals surface area contributed by atoms with Crippen LogP contribution in [0, 0.1) is 5.92 Å². The molecule has 0 spiro atoms. The molecule has 0 saturated heterocycles. The first-order chi connectivity index (χ1) is 3.42. The molecule has 3 nitrogen and oxygen atoms in total. The summed E-state index contributed by atoms with van der Waals surface area (Å²) in [5.41, 5.74) is 4.85. The van der Waals surface area contributed by atoms with E-state index in [2.05, 4.69) is 0 Å². The lowest BCUT2D eigenvalue weighted by Crippen LogP contribution is -2.03. The monoisotopic (exact) mass is 137 g/mol. The van der Waals surface area contributed by atoms with Gasteiger partial charge in [0.1, 0.15) is 0 Å². The molecule has 0 aliphatic rings. The van der Waals surface area contributed by atoms with Crippen LogP contribution in [-0.2, 0) is 4.57 Å². The van der Waals surface area contributed by atoms with E-state index in [-0.39, 0.29) is 12.1 Å². The summed E-state index contributed by atoms with van der Waals surface area (Å²) in [5.74, 6) is 0.204. The summed E-state index contributed by atoms with van der Waals surface area (Å²) in [6.07, 6.45) is 0.215. The number of nitrogens with two attached hydrogens (primary N) is 1. The maximum Gasteiger partial charge on any atom is 0.264 e. The minimum atomic E-state index is -3.22. The van der Waals surface area contributed by atoms with Gasteiger partial charge in [0.25, 0.3) is 7.52 Å². The Morgan fingerprint density at radius 1 is 1.75 bits per heavy atom. The number of hydrogen-bond donors (Lipinski definition) is 2. The summed E-state index contributed by atoms with van der Waals surface area (Å²) in [6.45, 7) is 3.71. The molecule has 0 rings (SSSR count). The van der Waals surface area contributed by atoms with Crippen molar-refractivity contribution in [1.29, 1.82) is 0 Å². The van der Waals surface area contributed by atoms with Crippen molar-refractivity contribution >= 4 is 7.52 Å². The van der Waals surface area contributed by atoms with Crippen LogP contribution >= 0.6 is 7.52 Å². The lowest BCUT2D eigenvalue weighted by atomic mass is 10.3. The molecule has 1 unspecified atom stereocenters. The third-order valence-corrected chi connectivity index (χ3v) is 1.88. The predicted molar refractivity (Wildman–Crippen MR) is 33.7 cm³/mol. The molecule has 0 aromatic heterocycles. The molecule has 0 aliphatic heterocycles. The van der Waals surface area contributed by atoms with E-state index in [1.165, 1.54) is 0 Å². The Labute approximate surface area is 49.4 Å². The highest BCUT2D eigenvalue weighted by Crippen LogP contribution is 2.31. The van der Waals surface area contributed by atoms with Crippen molar-refractivity contribution in [3.63, 3.8) is 0 Å². The molecule has 0 amide bonds. The van der Waals surface area contributed by atoms with E-state index >= 15 is 0 Å². The Morgan fingerprint density at radius 2 is 2.12 bits per heavy atom. The SMILES string of the molecule is CC(C)CP(N)(=O)O. The van der Waals surface area contributed by atoms with Crippen LogP contribution in [-0.4, -0.2) is 11.1 Å². The van der Waals surface area contributed by atoms with Crippen LogP contribution in [0.5, 0.6) is 0 Å². The van der Waals surface area contributed by atoms with Crippen molar-refractivity contribution in [2.24, 2.45) is 11.4 Å². The fourth-order valence-corrected chi connectivity index (χ4v) is 1.57. The quantitative estimate of drug-likeness (QED) is 0.553.